The highest BCUT2D eigenvalue weighted by Gasteiger charge is 2.20. The van der Waals surface area contributed by atoms with Gasteiger partial charge in [-0.3, -0.25) is 4.79 Å². The largest absolute Gasteiger partial charge is 0.325 e. The number of nitrogens with two attached hydrogens (primary N) is 1. The Morgan fingerprint density at radius 1 is 1.08 bits per heavy atom. The van der Waals surface area contributed by atoms with Gasteiger partial charge in [-0.05, 0) is 42.7 Å². The summed E-state index contributed by atoms with van der Waals surface area (Å²) in [6, 6.07) is 14.9. The van der Waals surface area contributed by atoms with Crippen LogP contribution in [0.3, 0.4) is 0 Å². The Kier molecular flexibility index (Phi) is 6.11. The summed E-state index contributed by atoms with van der Waals surface area (Å²) >= 11 is 0. The van der Waals surface area contributed by atoms with Crippen LogP contribution >= 0.6 is 0 Å². The number of sulfone groups is 1. The number of hydrogen-bond donors (Lipinski definition) is 2. The third kappa shape index (κ3) is 4.91. The molecule has 128 valence electrons. The first-order valence-electron chi connectivity index (χ1n) is 7.85. The predicted octanol–water partition coefficient (Wildman–Crippen LogP) is 2.38. The third-order valence-corrected chi connectivity index (χ3v) is 5.53. The minimum Gasteiger partial charge on any atom is -0.325 e. The van der Waals surface area contributed by atoms with Gasteiger partial charge in [0.25, 0.3) is 0 Å². The molecule has 0 aromatic heterocycles. The summed E-state index contributed by atoms with van der Waals surface area (Å²) in [4.78, 5) is 12.3. The zero-order chi connectivity index (χ0) is 17.6. The van der Waals surface area contributed by atoms with Crippen LogP contribution in [-0.4, -0.2) is 26.1 Å². The van der Waals surface area contributed by atoms with Crippen molar-refractivity contribution >= 4 is 21.4 Å². The molecule has 1 unspecified atom stereocenters. The maximum absolute atomic E-state index is 12.3. The van der Waals surface area contributed by atoms with E-state index in [0.29, 0.717) is 5.69 Å². The van der Waals surface area contributed by atoms with Gasteiger partial charge in [0.1, 0.15) is 0 Å². The molecule has 1 amide bonds. The molecule has 6 heteroatoms. The highest BCUT2D eigenvalue weighted by atomic mass is 32.2. The van der Waals surface area contributed by atoms with Crippen molar-refractivity contribution in [3.05, 3.63) is 60.2 Å². The predicted molar refractivity (Wildman–Crippen MR) is 95.5 cm³/mol. The molecule has 0 radical (unpaired) electrons. The molecular formula is C18H22N2O3S. The molecular weight excluding hydrogens is 324 g/mol. The van der Waals surface area contributed by atoms with Gasteiger partial charge < -0.3 is 11.1 Å². The second-order valence-electron chi connectivity index (χ2n) is 5.57. The number of para-hydroxylation sites is 1. The van der Waals surface area contributed by atoms with Crippen molar-refractivity contribution in [2.45, 2.75) is 30.7 Å². The fourth-order valence-corrected chi connectivity index (χ4v) is 3.57. The quantitative estimate of drug-likeness (QED) is 0.805. The fraction of sp³-hybridized carbons (Fsp3) is 0.278. The van der Waals surface area contributed by atoms with Gasteiger partial charge in [-0.2, -0.15) is 0 Å². The van der Waals surface area contributed by atoms with Crippen molar-refractivity contribution in [1.29, 1.82) is 0 Å². The molecule has 0 aliphatic carbocycles. The Morgan fingerprint density at radius 2 is 1.71 bits per heavy atom. The summed E-state index contributed by atoms with van der Waals surface area (Å²) in [5, 5.41) is 2.67. The normalized spacial score (nSPS) is 12.6. The molecule has 0 spiro atoms. The molecule has 0 heterocycles. The van der Waals surface area contributed by atoms with Crippen molar-refractivity contribution in [2.24, 2.45) is 5.73 Å². The molecule has 2 rings (SSSR count). The third-order valence-electron chi connectivity index (χ3n) is 3.77. The van der Waals surface area contributed by atoms with E-state index < -0.39 is 21.8 Å². The number of carbonyl (C=O) groups excluding carboxylic acids is 1. The van der Waals surface area contributed by atoms with E-state index in [-0.39, 0.29) is 17.1 Å². The van der Waals surface area contributed by atoms with Crippen molar-refractivity contribution in [3.63, 3.8) is 0 Å². The lowest BCUT2D eigenvalue weighted by Crippen LogP contribution is -2.37. The Bertz CT molecular complexity index is 772. The summed E-state index contributed by atoms with van der Waals surface area (Å²) in [6.07, 6.45) is 0.918. The SMILES string of the molecule is CCc1ccc(S(=O)(=O)CCC(N)C(=O)Nc2ccccc2)cc1. The fourth-order valence-electron chi connectivity index (χ4n) is 2.22. The Hall–Kier alpha value is -2.18. The van der Waals surface area contributed by atoms with Gasteiger partial charge in [-0.15, -0.1) is 0 Å². The van der Waals surface area contributed by atoms with Crippen LogP contribution in [0.15, 0.2) is 59.5 Å². The van der Waals surface area contributed by atoms with Gasteiger partial charge in [-0.25, -0.2) is 8.42 Å². The first kappa shape index (κ1) is 18.2. The standard InChI is InChI=1S/C18H22N2O3S/c1-2-14-8-10-16(11-9-14)24(22,23)13-12-17(19)18(21)20-15-6-4-3-5-7-15/h3-11,17H,2,12-13,19H2,1H3,(H,20,21). The maximum Gasteiger partial charge on any atom is 0.241 e. The van der Waals surface area contributed by atoms with Crippen LogP contribution in [0.4, 0.5) is 5.69 Å². The average Bonchev–Trinajstić information content (AvgIpc) is 2.60. The van der Waals surface area contributed by atoms with E-state index in [1.807, 2.05) is 13.0 Å². The zero-order valence-electron chi connectivity index (χ0n) is 13.6. The van der Waals surface area contributed by atoms with E-state index >= 15 is 0 Å². The van der Waals surface area contributed by atoms with E-state index in [1.165, 1.54) is 0 Å². The molecule has 1 atom stereocenters. The molecule has 24 heavy (non-hydrogen) atoms. The van der Waals surface area contributed by atoms with Crippen LogP contribution in [0.1, 0.15) is 18.9 Å². The second kappa shape index (κ2) is 8.08. The minimum atomic E-state index is -3.45. The number of amides is 1. The van der Waals surface area contributed by atoms with Crippen LogP contribution in [0.25, 0.3) is 0 Å². The van der Waals surface area contributed by atoms with Gasteiger partial charge in [0.2, 0.25) is 5.91 Å². The molecule has 2 aromatic rings. The van der Waals surface area contributed by atoms with E-state index in [9.17, 15) is 13.2 Å². The number of rotatable bonds is 7. The van der Waals surface area contributed by atoms with Gasteiger partial charge >= 0.3 is 0 Å². The van der Waals surface area contributed by atoms with Crippen molar-refractivity contribution < 1.29 is 13.2 Å². The molecule has 5 nitrogen and oxygen atoms in total. The number of anilines is 1. The molecule has 0 aliphatic heterocycles. The van der Waals surface area contributed by atoms with E-state index in [1.54, 1.807) is 48.5 Å². The molecule has 0 saturated heterocycles. The number of nitrogens with one attached hydrogen (secondary N) is 1. The molecule has 0 saturated carbocycles. The average molecular weight is 346 g/mol. The number of carbonyl (C=O) groups is 1. The van der Waals surface area contributed by atoms with Gasteiger partial charge in [0, 0.05) is 5.69 Å². The topological polar surface area (TPSA) is 89.3 Å². The number of aryl methyl sites for hydroxylation is 1. The van der Waals surface area contributed by atoms with Gasteiger partial charge in [0.15, 0.2) is 9.84 Å². The lowest BCUT2D eigenvalue weighted by Gasteiger charge is -2.12. The highest BCUT2D eigenvalue weighted by molar-refractivity contribution is 7.91. The van der Waals surface area contributed by atoms with Crippen molar-refractivity contribution in [3.8, 4) is 0 Å². The molecule has 0 bridgehead atoms. The summed E-state index contributed by atoms with van der Waals surface area (Å²) in [7, 11) is -3.45. The van der Waals surface area contributed by atoms with Crippen LogP contribution in [0.2, 0.25) is 0 Å². The first-order valence-corrected chi connectivity index (χ1v) is 9.51. The Balaban J connectivity index is 1.94. The van der Waals surface area contributed by atoms with E-state index in [0.717, 1.165) is 12.0 Å². The van der Waals surface area contributed by atoms with Crippen LogP contribution in [0, 0.1) is 0 Å². The molecule has 3 N–H and O–H groups in total. The number of hydrogen-bond acceptors (Lipinski definition) is 4. The summed E-state index contributed by atoms with van der Waals surface area (Å²) in [6.45, 7) is 2.01. The number of benzene rings is 2. The lowest BCUT2D eigenvalue weighted by molar-refractivity contribution is -0.117. The highest BCUT2D eigenvalue weighted by Crippen LogP contribution is 2.14. The van der Waals surface area contributed by atoms with Crippen molar-refractivity contribution in [1.82, 2.24) is 0 Å². The first-order chi connectivity index (χ1) is 11.4. The minimum absolute atomic E-state index is 0.0660. The molecule has 2 aromatic carbocycles. The summed E-state index contributed by atoms with van der Waals surface area (Å²) in [5.74, 6) is -0.556. The smallest absolute Gasteiger partial charge is 0.241 e. The van der Waals surface area contributed by atoms with Crippen LogP contribution in [0.5, 0.6) is 0 Å². The van der Waals surface area contributed by atoms with Gasteiger partial charge in [0.05, 0.1) is 16.7 Å². The van der Waals surface area contributed by atoms with Gasteiger partial charge in [-0.1, -0.05) is 37.3 Å². The van der Waals surface area contributed by atoms with Crippen LogP contribution < -0.4 is 11.1 Å². The molecule has 0 fully saturated rings. The van der Waals surface area contributed by atoms with E-state index in [2.05, 4.69) is 5.32 Å². The lowest BCUT2D eigenvalue weighted by atomic mass is 10.2. The Labute approximate surface area is 142 Å². The molecule has 0 aliphatic rings. The van der Waals surface area contributed by atoms with E-state index in [4.69, 9.17) is 5.73 Å². The zero-order valence-corrected chi connectivity index (χ0v) is 14.4. The maximum atomic E-state index is 12.3. The summed E-state index contributed by atoms with van der Waals surface area (Å²) < 4.78 is 24.7. The van der Waals surface area contributed by atoms with Crippen molar-refractivity contribution in [2.75, 3.05) is 11.1 Å². The summed E-state index contributed by atoms with van der Waals surface area (Å²) in [5.41, 5.74) is 7.53. The van der Waals surface area contributed by atoms with Crippen LogP contribution in [-0.2, 0) is 21.1 Å². The Morgan fingerprint density at radius 3 is 2.29 bits per heavy atom. The second-order valence-corrected chi connectivity index (χ2v) is 7.68. The monoisotopic (exact) mass is 346 g/mol.